The molecule has 11 heteroatoms. The highest BCUT2D eigenvalue weighted by molar-refractivity contribution is 5.95. The summed E-state index contributed by atoms with van der Waals surface area (Å²) in [5.74, 6) is -1.12. The van der Waals surface area contributed by atoms with Crippen LogP contribution in [0.4, 0.5) is 0 Å². The minimum Gasteiger partial charge on any atom is -0.497 e. The molecule has 0 spiro atoms. The number of carbonyl (C=O) groups excluding carboxylic acids is 4. The van der Waals surface area contributed by atoms with Crippen molar-refractivity contribution >= 4 is 23.5 Å². The number of ether oxygens (including phenoxy) is 2. The van der Waals surface area contributed by atoms with Gasteiger partial charge in [0, 0.05) is 25.4 Å². The average Bonchev–Trinajstić information content (AvgIpc) is 3.00. The van der Waals surface area contributed by atoms with E-state index in [0.717, 1.165) is 31.2 Å². The molecule has 0 bridgehead atoms. The van der Waals surface area contributed by atoms with Gasteiger partial charge in [-0.3, -0.25) is 24.1 Å². The number of nitrogens with one attached hydrogen (secondary N) is 3. The summed E-state index contributed by atoms with van der Waals surface area (Å²) in [6, 6.07) is 4.56. The van der Waals surface area contributed by atoms with Crippen molar-refractivity contribution < 1.29 is 33.8 Å². The van der Waals surface area contributed by atoms with Crippen molar-refractivity contribution in [1.82, 2.24) is 20.9 Å². The molecule has 1 saturated heterocycles. The number of nitrogens with zero attached hydrogens (tertiary/aromatic N) is 1. The number of benzene rings is 1. The Balaban J connectivity index is 1.71. The molecule has 0 radical (unpaired) electrons. The van der Waals surface area contributed by atoms with E-state index in [1.165, 1.54) is 6.42 Å². The van der Waals surface area contributed by atoms with Crippen molar-refractivity contribution in [3.05, 3.63) is 29.8 Å². The van der Waals surface area contributed by atoms with Crippen LogP contribution in [0.15, 0.2) is 24.3 Å². The number of amides is 3. The molecule has 3 amide bonds. The molecule has 2 aliphatic rings. The second-order valence-corrected chi connectivity index (χ2v) is 11.6. The van der Waals surface area contributed by atoms with Gasteiger partial charge < -0.3 is 30.5 Å². The summed E-state index contributed by atoms with van der Waals surface area (Å²) < 4.78 is 10.6. The summed E-state index contributed by atoms with van der Waals surface area (Å²) in [4.78, 5) is 54.7. The van der Waals surface area contributed by atoms with Gasteiger partial charge in [-0.05, 0) is 37.0 Å². The Morgan fingerprint density at radius 3 is 2.21 bits per heavy atom. The fourth-order valence-corrected chi connectivity index (χ4v) is 5.53. The third-order valence-electron chi connectivity index (χ3n) is 8.19. The normalized spacial score (nSPS) is 19.1. The first-order valence-electron chi connectivity index (χ1n) is 15.2. The standard InChI is InChI=1S/C31H48N4O7/c1-21(20-36)29(38)26(17-23-7-5-4-6-8-23)33-31(40)27(18-24-9-11-25(41-3)12-10-24)34-30(39)22(2)32-28(37)19-35-13-15-42-16-14-35/h9-12,21-23,26-27,36H,4-8,13-20H2,1-3H3,(H,32,37)(H,33,40)(H,34,39)/t21-,22-,26+,27+/m1/s1. The molecule has 234 valence electrons. The van der Waals surface area contributed by atoms with Gasteiger partial charge in [-0.2, -0.15) is 0 Å². The summed E-state index contributed by atoms with van der Waals surface area (Å²) >= 11 is 0. The number of morpholine rings is 1. The van der Waals surface area contributed by atoms with Gasteiger partial charge in [-0.1, -0.05) is 51.2 Å². The molecule has 1 aliphatic carbocycles. The SMILES string of the molecule is COc1ccc(C[C@H](NC(=O)[C@@H](C)NC(=O)CN2CCOCC2)C(=O)N[C@@H](CC2CCCCC2)C(=O)[C@H](C)CO)cc1. The lowest BCUT2D eigenvalue weighted by Crippen LogP contribution is -2.57. The van der Waals surface area contributed by atoms with Crippen molar-refractivity contribution in [2.75, 3.05) is 46.6 Å². The van der Waals surface area contributed by atoms with Gasteiger partial charge in [0.25, 0.3) is 0 Å². The van der Waals surface area contributed by atoms with Crippen LogP contribution in [0.1, 0.15) is 57.9 Å². The van der Waals surface area contributed by atoms with E-state index in [9.17, 15) is 24.3 Å². The molecule has 1 saturated carbocycles. The molecule has 3 rings (SSSR count). The number of aliphatic hydroxyl groups excluding tert-OH is 1. The molecule has 1 heterocycles. The number of methoxy groups -OCH3 is 1. The summed E-state index contributed by atoms with van der Waals surface area (Å²) in [6.07, 6.45) is 6.05. The molecule has 1 aliphatic heterocycles. The molecule has 11 nitrogen and oxygen atoms in total. The monoisotopic (exact) mass is 588 g/mol. The van der Waals surface area contributed by atoms with Crippen molar-refractivity contribution in [2.45, 2.75) is 76.9 Å². The Kier molecular flexibility index (Phi) is 13.7. The van der Waals surface area contributed by atoms with Crippen LogP contribution in [0, 0.1) is 11.8 Å². The predicted octanol–water partition coefficient (Wildman–Crippen LogP) is 1.21. The first-order chi connectivity index (χ1) is 20.2. The number of hydrogen-bond donors (Lipinski definition) is 4. The largest absolute Gasteiger partial charge is 0.497 e. The summed E-state index contributed by atoms with van der Waals surface area (Å²) in [5, 5.41) is 18.1. The smallest absolute Gasteiger partial charge is 0.243 e. The zero-order chi connectivity index (χ0) is 30.5. The van der Waals surface area contributed by atoms with E-state index in [0.29, 0.717) is 44.4 Å². The van der Waals surface area contributed by atoms with Crippen molar-refractivity contribution in [3.8, 4) is 5.75 Å². The van der Waals surface area contributed by atoms with E-state index in [-0.39, 0.29) is 31.3 Å². The molecule has 42 heavy (non-hydrogen) atoms. The Hall–Kier alpha value is -3.02. The summed E-state index contributed by atoms with van der Waals surface area (Å²) in [6.45, 7) is 5.50. The minimum absolute atomic E-state index is 0.157. The van der Waals surface area contributed by atoms with Gasteiger partial charge in [-0.15, -0.1) is 0 Å². The van der Waals surface area contributed by atoms with Crippen LogP contribution in [0.25, 0.3) is 0 Å². The second-order valence-electron chi connectivity index (χ2n) is 11.6. The topological polar surface area (TPSA) is 146 Å². The number of hydrogen-bond acceptors (Lipinski definition) is 8. The number of Topliss-reactive ketones (excluding diaryl/α,β-unsaturated/α-hetero) is 1. The van der Waals surface area contributed by atoms with Gasteiger partial charge in [-0.25, -0.2) is 0 Å². The third-order valence-corrected chi connectivity index (χ3v) is 8.19. The predicted molar refractivity (Wildman–Crippen MR) is 158 cm³/mol. The van der Waals surface area contributed by atoms with Gasteiger partial charge in [0.1, 0.15) is 17.8 Å². The lowest BCUT2D eigenvalue weighted by Gasteiger charge is -2.29. The number of aliphatic hydroxyl groups is 1. The van der Waals surface area contributed by atoms with Gasteiger partial charge >= 0.3 is 0 Å². The van der Waals surface area contributed by atoms with Crippen molar-refractivity contribution in [2.24, 2.45) is 11.8 Å². The molecule has 1 aromatic rings. The Morgan fingerprint density at radius 1 is 0.952 bits per heavy atom. The fourth-order valence-electron chi connectivity index (χ4n) is 5.53. The van der Waals surface area contributed by atoms with Gasteiger partial charge in [0.05, 0.1) is 39.5 Å². The molecule has 1 aromatic carbocycles. The van der Waals surface area contributed by atoms with Gasteiger partial charge in [0.2, 0.25) is 17.7 Å². The maximum Gasteiger partial charge on any atom is 0.243 e. The highest BCUT2D eigenvalue weighted by Gasteiger charge is 2.32. The van der Waals surface area contributed by atoms with E-state index < -0.39 is 35.9 Å². The first-order valence-corrected chi connectivity index (χ1v) is 15.2. The number of carbonyl (C=O) groups is 4. The van der Waals surface area contributed by atoms with E-state index in [1.807, 2.05) is 17.0 Å². The average molecular weight is 589 g/mol. The zero-order valence-corrected chi connectivity index (χ0v) is 25.2. The summed E-state index contributed by atoms with van der Waals surface area (Å²) in [5.41, 5.74) is 0.791. The zero-order valence-electron chi connectivity index (χ0n) is 25.2. The fraction of sp³-hybridized carbons (Fsp3) is 0.677. The van der Waals surface area contributed by atoms with E-state index in [4.69, 9.17) is 9.47 Å². The van der Waals surface area contributed by atoms with Crippen LogP contribution >= 0.6 is 0 Å². The van der Waals surface area contributed by atoms with E-state index in [1.54, 1.807) is 33.1 Å². The highest BCUT2D eigenvalue weighted by atomic mass is 16.5. The molecular weight excluding hydrogens is 540 g/mol. The summed E-state index contributed by atoms with van der Waals surface area (Å²) in [7, 11) is 1.57. The van der Waals surface area contributed by atoms with Crippen LogP contribution in [0.2, 0.25) is 0 Å². The van der Waals surface area contributed by atoms with Crippen LogP contribution in [-0.4, -0.2) is 98.2 Å². The third kappa shape index (κ3) is 10.7. The molecule has 2 fully saturated rings. The van der Waals surface area contributed by atoms with Gasteiger partial charge in [0.15, 0.2) is 5.78 Å². The number of ketones is 1. The lowest BCUT2D eigenvalue weighted by molar-refractivity contribution is -0.134. The Morgan fingerprint density at radius 2 is 1.60 bits per heavy atom. The molecule has 0 unspecified atom stereocenters. The van der Waals surface area contributed by atoms with Crippen LogP contribution < -0.4 is 20.7 Å². The first kappa shape index (κ1) is 33.5. The quantitative estimate of drug-likeness (QED) is 0.239. The molecular formula is C31H48N4O7. The molecule has 4 N–H and O–H groups in total. The maximum atomic E-state index is 13.7. The Bertz CT molecular complexity index is 1020. The van der Waals surface area contributed by atoms with E-state index in [2.05, 4.69) is 16.0 Å². The molecule has 0 aromatic heterocycles. The lowest BCUT2D eigenvalue weighted by atomic mass is 9.82. The second kappa shape index (κ2) is 17.2. The van der Waals surface area contributed by atoms with Crippen LogP contribution in [-0.2, 0) is 30.3 Å². The maximum absolute atomic E-state index is 13.7. The number of rotatable bonds is 15. The van der Waals surface area contributed by atoms with E-state index >= 15 is 0 Å². The minimum atomic E-state index is -0.990. The van der Waals surface area contributed by atoms with Crippen molar-refractivity contribution in [1.29, 1.82) is 0 Å². The Labute approximate surface area is 249 Å². The van der Waals surface area contributed by atoms with Crippen molar-refractivity contribution in [3.63, 3.8) is 0 Å². The van der Waals surface area contributed by atoms with Crippen LogP contribution in [0.5, 0.6) is 5.75 Å². The molecule has 4 atom stereocenters. The van der Waals surface area contributed by atoms with Crippen LogP contribution in [0.3, 0.4) is 0 Å². The highest BCUT2D eigenvalue weighted by Crippen LogP contribution is 2.28.